The summed E-state index contributed by atoms with van der Waals surface area (Å²) in [6.07, 6.45) is 1.56. The molecule has 1 saturated heterocycles. The number of nitrogens with one attached hydrogen (secondary N) is 1. The summed E-state index contributed by atoms with van der Waals surface area (Å²) < 4.78 is 23.8. The van der Waals surface area contributed by atoms with Crippen molar-refractivity contribution in [2.75, 3.05) is 6.61 Å². The number of aryl methyl sites for hydroxylation is 1. The number of rotatable bonds is 8. The predicted octanol–water partition coefficient (Wildman–Crippen LogP) is 5.54. The van der Waals surface area contributed by atoms with E-state index in [0.29, 0.717) is 18.4 Å². The van der Waals surface area contributed by atoms with Gasteiger partial charge in [0, 0.05) is 12.1 Å². The summed E-state index contributed by atoms with van der Waals surface area (Å²) in [5.74, 6) is -0.0955. The number of para-hydroxylation sites is 1. The van der Waals surface area contributed by atoms with Gasteiger partial charge in [0.05, 0.1) is 47.9 Å². The van der Waals surface area contributed by atoms with Gasteiger partial charge in [0.25, 0.3) is 5.56 Å². The molecule has 0 spiro atoms. The number of amides is 1. The van der Waals surface area contributed by atoms with Crippen molar-refractivity contribution in [3.8, 4) is 5.69 Å². The fraction of sp³-hybridized carbons (Fsp3) is 0.412. The van der Waals surface area contributed by atoms with Crippen LogP contribution in [-0.2, 0) is 28.9 Å². The van der Waals surface area contributed by atoms with Gasteiger partial charge in [0.15, 0.2) is 0 Å². The summed E-state index contributed by atoms with van der Waals surface area (Å²) in [6.45, 7) is 5.84. The van der Waals surface area contributed by atoms with Crippen LogP contribution in [-0.4, -0.2) is 59.0 Å². The Morgan fingerprint density at radius 1 is 1.02 bits per heavy atom. The third-order valence-electron chi connectivity index (χ3n) is 9.46. The van der Waals surface area contributed by atoms with Gasteiger partial charge in [0.2, 0.25) is 14.3 Å². The first-order valence-electron chi connectivity index (χ1n) is 15.2. The van der Waals surface area contributed by atoms with Crippen molar-refractivity contribution < 1.29 is 18.7 Å². The summed E-state index contributed by atoms with van der Waals surface area (Å²) in [4.78, 5) is 28.2. The zero-order valence-corrected chi connectivity index (χ0v) is 26.0. The number of aliphatic hydroxyl groups excluding tert-OH is 1. The highest BCUT2D eigenvalue weighted by atomic mass is 28.4. The van der Waals surface area contributed by atoms with Gasteiger partial charge in [-0.05, 0) is 79.2 Å². The molecule has 0 aliphatic carbocycles. The monoisotopic (exact) mass is 601 g/mol. The minimum atomic E-state index is -3.15. The Kier molecular flexibility index (Phi) is 8.15. The molecule has 2 N–H and O–H groups in total. The molecule has 3 aromatic carbocycles. The molecular weight excluding hydrogens is 561 g/mol. The average molecular weight is 602 g/mol. The minimum absolute atomic E-state index is 0.00983. The van der Waals surface area contributed by atoms with Gasteiger partial charge in [-0.15, -0.1) is 0 Å². The second-order valence-corrected chi connectivity index (χ2v) is 16.5. The standard InChI is InChI=1S/C34H40FN3O4Si/c1-22-30(17-14-23-12-15-26(16-13-23)38-34(41)28-10-6-7-11-29(28)36-38)42-31(33(22)43(2,3)35)19-32(40)37-20-25-9-5-4-8-24(25)18-27(37)21-39/h4-13,15-16,22,27,30-31,33,36,39H,14,17-21H2,1-3H3/t22-,27-,30+,31-,33+/m0/s1. The maximum atomic E-state index is 15.7. The number of hydrogen-bond acceptors (Lipinski definition) is 4. The number of halogens is 1. The minimum Gasteiger partial charge on any atom is -0.394 e. The fourth-order valence-electron chi connectivity index (χ4n) is 7.27. The summed E-state index contributed by atoms with van der Waals surface area (Å²) in [6, 6.07) is 23.1. The highest BCUT2D eigenvalue weighted by molar-refractivity contribution is 6.72. The highest BCUT2D eigenvalue weighted by Gasteiger charge is 2.52. The fourth-order valence-corrected chi connectivity index (χ4v) is 9.81. The molecule has 7 nitrogen and oxygen atoms in total. The van der Waals surface area contributed by atoms with Gasteiger partial charge in [-0.2, -0.15) is 0 Å². The Morgan fingerprint density at radius 3 is 2.42 bits per heavy atom. The molecule has 9 heteroatoms. The van der Waals surface area contributed by atoms with E-state index in [1.54, 1.807) is 22.7 Å². The Morgan fingerprint density at radius 2 is 1.72 bits per heavy atom. The van der Waals surface area contributed by atoms with Crippen molar-refractivity contribution in [1.29, 1.82) is 0 Å². The van der Waals surface area contributed by atoms with Crippen LogP contribution in [0.3, 0.4) is 0 Å². The highest BCUT2D eigenvalue weighted by Crippen LogP contribution is 2.47. The van der Waals surface area contributed by atoms with Crippen LogP contribution in [0.25, 0.3) is 16.6 Å². The van der Waals surface area contributed by atoms with Gasteiger partial charge in [-0.25, -0.2) is 4.68 Å². The Hall–Kier alpha value is -3.53. The number of carbonyl (C=O) groups is 1. The molecule has 2 aliphatic rings. The van der Waals surface area contributed by atoms with Crippen LogP contribution in [0.5, 0.6) is 0 Å². The molecule has 3 heterocycles. The first-order valence-corrected chi connectivity index (χ1v) is 18.2. The lowest BCUT2D eigenvalue weighted by Gasteiger charge is -2.37. The number of H-pyrrole nitrogens is 1. The normalized spacial score (nSPS) is 23.9. The number of ether oxygens (including phenoxy) is 1. The van der Waals surface area contributed by atoms with E-state index in [2.05, 4.69) is 18.1 Å². The van der Waals surface area contributed by atoms with Crippen LogP contribution >= 0.6 is 0 Å². The first kappa shape index (κ1) is 29.5. The van der Waals surface area contributed by atoms with Crippen molar-refractivity contribution in [1.82, 2.24) is 14.7 Å². The topological polar surface area (TPSA) is 87.6 Å². The van der Waals surface area contributed by atoms with E-state index in [9.17, 15) is 14.7 Å². The molecule has 1 fully saturated rings. The van der Waals surface area contributed by atoms with Crippen LogP contribution in [0.15, 0.2) is 77.6 Å². The Bertz CT molecular complexity index is 1660. The lowest BCUT2D eigenvalue weighted by Crippen LogP contribution is -2.48. The van der Waals surface area contributed by atoms with E-state index < -0.39 is 14.5 Å². The number of aromatic nitrogens is 2. The number of carbonyl (C=O) groups excluding carboxylic acids is 1. The molecule has 0 unspecified atom stereocenters. The molecule has 0 saturated carbocycles. The van der Waals surface area contributed by atoms with Crippen molar-refractivity contribution in [2.45, 2.75) is 76.0 Å². The van der Waals surface area contributed by atoms with Crippen LogP contribution in [0, 0.1) is 5.92 Å². The third-order valence-corrected chi connectivity index (χ3v) is 11.9. The Labute approximate surface area is 252 Å². The molecule has 6 rings (SSSR count). The molecule has 226 valence electrons. The van der Waals surface area contributed by atoms with Crippen LogP contribution in [0.4, 0.5) is 4.11 Å². The second kappa shape index (κ2) is 11.9. The number of fused-ring (bicyclic) bond motifs is 2. The van der Waals surface area contributed by atoms with E-state index in [-0.39, 0.29) is 48.1 Å². The zero-order chi connectivity index (χ0) is 30.3. The lowest BCUT2D eigenvalue weighted by molar-refractivity contribution is -0.138. The third kappa shape index (κ3) is 5.86. The maximum absolute atomic E-state index is 15.7. The van der Waals surface area contributed by atoms with E-state index in [0.717, 1.165) is 40.7 Å². The second-order valence-electron chi connectivity index (χ2n) is 12.7. The summed E-state index contributed by atoms with van der Waals surface area (Å²) in [7, 11) is -3.15. The van der Waals surface area contributed by atoms with Crippen LogP contribution in [0.1, 0.15) is 36.5 Å². The molecule has 4 aromatic rings. The number of nitrogens with zero attached hydrogens (tertiary/aromatic N) is 2. The van der Waals surface area contributed by atoms with Crippen molar-refractivity contribution in [3.63, 3.8) is 0 Å². The first-order chi connectivity index (χ1) is 20.6. The van der Waals surface area contributed by atoms with E-state index in [4.69, 9.17) is 4.74 Å². The molecule has 43 heavy (non-hydrogen) atoms. The average Bonchev–Trinajstić information content (AvgIpc) is 3.51. The lowest BCUT2D eigenvalue weighted by atomic mass is 9.93. The van der Waals surface area contributed by atoms with E-state index >= 15 is 4.11 Å². The predicted molar refractivity (Wildman–Crippen MR) is 169 cm³/mol. The van der Waals surface area contributed by atoms with Crippen LogP contribution in [0.2, 0.25) is 18.6 Å². The van der Waals surface area contributed by atoms with Gasteiger partial charge in [0.1, 0.15) is 0 Å². The van der Waals surface area contributed by atoms with Crippen molar-refractivity contribution in [3.05, 3.63) is 99.8 Å². The molecule has 1 aromatic heterocycles. The SMILES string of the molecule is C[C@@H]1[C@@H]([Si](C)(C)F)[C@H](CC(=O)N2Cc3ccccc3C[C@H]2CO)O[C@@H]1CCc1ccc(-n2[nH]c3ccccc3c2=O)cc1. The maximum Gasteiger partial charge on any atom is 0.279 e. The molecular formula is C34H40FN3O4Si. The molecule has 0 radical (unpaired) electrons. The van der Waals surface area contributed by atoms with E-state index in [1.807, 2.05) is 66.7 Å². The number of aliphatic hydroxyl groups is 1. The summed E-state index contributed by atoms with van der Waals surface area (Å²) in [5.41, 5.74) is 4.55. The Balaban J connectivity index is 1.13. The smallest absolute Gasteiger partial charge is 0.279 e. The quantitative estimate of drug-likeness (QED) is 0.205. The number of benzene rings is 3. The molecule has 2 aliphatic heterocycles. The van der Waals surface area contributed by atoms with E-state index in [1.165, 1.54) is 0 Å². The number of hydrogen-bond donors (Lipinski definition) is 2. The molecule has 5 atom stereocenters. The van der Waals surface area contributed by atoms with Crippen molar-refractivity contribution >= 4 is 25.2 Å². The van der Waals surface area contributed by atoms with Gasteiger partial charge in [-0.3, -0.25) is 14.7 Å². The van der Waals surface area contributed by atoms with Gasteiger partial charge >= 0.3 is 0 Å². The summed E-state index contributed by atoms with van der Waals surface area (Å²) >= 11 is 0. The van der Waals surface area contributed by atoms with Crippen molar-refractivity contribution in [2.24, 2.45) is 5.92 Å². The summed E-state index contributed by atoms with van der Waals surface area (Å²) in [5, 5.41) is 13.9. The largest absolute Gasteiger partial charge is 0.394 e. The molecule has 1 amide bonds. The molecule has 0 bridgehead atoms. The van der Waals surface area contributed by atoms with Crippen LogP contribution < -0.4 is 5.56 Å². The number of aromatic amines is 1. The van der Waals surface area contributed by atoms with Gasteiger partial charge < -0.3 is 18.9 Å². The van der Waals surface area contributed by atoms with Gasteiger partial charge in [-0.1, -0.05) is 55.5 Å². The zero-order valence-electron chi connectivity index (χ0n) is 25.0.